The van der Waals surface area contributed by atoms with Gasteiger partial charge in [0, 0.05) is 18.8 Å². The number of nitrogens with two attached hydrogens (primary N) is 1. The first-order valence-electron chi connectivity index (χ1n) is 6.58. The van der Waals surface area contributed by atoms with E-state index in [2.05, 4.69) is 0 Å². The van der Waals surface area contributed by atoms with Crippen molar-refractivity contribution in [2.75, 3.05) is 18.8 Å². The highest BCUT2D eigenvalue weighted by molar-refractivity contribution is 7.88. The van der Waals surface area contributed by atoms with Crippen molar-refractivity contribution in [3.63, 3.8) is 0 Å². The molecule has 0 atom stereocenters. The monoisotopic (exact) mass is 322 g/mol. The van der Waals surface area contributed by atoms with Crippen LogP contribution in [-0.2, 0) is 15.8 Å². The maximum absolute atomic E-state index is 12.6. The Hall–Kier alpha value is -1.28. The molecule has 0 saturated carbocycles. The van der Waals surface area contributed by atoms with Gasteiger partial charge in [0.1, 0.15) is 0 Å². The van der Waals surface area contributed by atoms with Crippen molar-refractivity contribution in [1.82, 2.24) is 4.31 Å². The third kappa shape index (κ3) is 3.88. The van der Waals surface area contributed by atoms with E-state index in [1.807, 2.05) is 0 Å². The highest BCUT2D eigenvalue weighted by Crippen LogP contribution is 2.35. The van der Waals surface area contributed by atoms with Crippen molar-refractivity contribution >= 4 is 15.7 Å². The molecule has 0 amide bonds. The molecule has 1 aliphatic rings. The number of hydrogen-bond acceptors (Lipinski definition) is 3. The summed E-state index contributed by atoms with van der Waals surface area (Å²) in [5, 5.41) is 0. The van der Waals surface area contributed by atoms with Gasteiger partial charge >= 0.3 is 6.18 Å². The van der Waals surface area contributed by atoms with Gasteiger partial charge in [-0.05, 0) is 24.5 Å². The molecule has 0 radical (unpaired) electrons. The third-order valence-corrected chi connectivity index (χ3v) is 5.53. The van der Waals surface area contributed by atoms with Crippen LogP contribution in [0, 0.1) is 5.92 Å². The summed E-state index contributed by atoms with van der Waals surface area (Å²) in [6.07, 6.45) is -4.63. The first-order valence-corrected chi connectivity index (χ1v) is 8.19. The number of nitrogen functional groups attached to an aromatic ring is 1. The van der Waals surface area contributed by atoms with Gasteiger partial charge in [-0.25, -0.2) is 12.7 Å². The summed E-state index contributed by atoms with van der Waals surface area (Å²) >= 11 is 0. The van der Waals surface area contributed by atoms with Crippen LogP contribution in [0.15, 0.2) is 24.3 Å². The Morgan fingerprint density at radius 1 is 1.19 bits per heavy atom. The van der Waals surface area contributed by atoms with Crippen LogP contribution < -0.4 is 5.73 Å². The lowest BCUT2D eigenvalue weighted by atomic mass is 9.98. The van der Waals surface area contributed by atoms with Crippen molar-refractivity contribution in [2.24, 2.45) is 5.92 Å². The van der Waals surface area contributed by atoms with Crippen molar-refractivity contribution in [3.05, 3.63) is 29.8 Å². The number of piperidine rings is 1. The number of benzene rings is 1. The zero-order valence-electron chi connectivity index (χ0n) is 11.3. The Kier molecular flexibility index (Phi) is 4.48. The SMILES string of the molecule is Nc1ccccc1CS(=O)(=O)N1CCC(C(F)(F)F)CC1. The summed E-state index contributed by atoms with van der Waals surface area (Å²) < 4.78 is 63.4. The summed E-state index contributed by atoms with van der Waals surface area (Å²) in [5.74, 6) is -1.69. The normalized spacial score (nSPS) is 18.8. The molecular weight excluding hydrogens is 305 g/mol. The quantitative estimate of drug-likeness (QED) is 0.869. The second-order valence-electron chi connectivity index (χ2n) is 5.17. The molecule has 0 unspecified atom stereocenters. The standard InChI is InChI=1S/C13H17F3N2O2S/c14-13(15,16)11-5-7-18(8-6-11)21(19,20)9-10-3-1-2-4-12(10)17/h1-4,11H,5-9,17H2. The number of nitrogens with zero attached hydrogens (tertiary/aromatic N) is 1. The van der Waals surface area contributed by atoms with E-state index in [1.165, 1.54) is 0 Å². The van der Waals surface area contributed by atoms with Crippen LogP contribution in [0.4, 0.5) is 18.9 Å². The number of hydrogen-bond donors (Lipinski definition) is 1. The second kappa shape index (κ2) is 5.84. The zero-order valence-corrected chi connectivity index (χ0v) is 12.1. The molecule has 0 aromatic heterocycles. The third-order valence-electron chi connectivity index (χ3n) is 3.70. The van der Waals surface area contributed by atoms with Crippen LogP contribution in [-0.4, -0.2) is 32.0 Å². The van der Waals surface area contributed by atoms with Gasteiger partial charge < -0.3 is 5.73 Å². The van der Waals surface area contributed by atoms with Crippen LogP contribution in [0.25, 0.3) is 0 Å². The van der Waals surface area contributed by atoms with Gasteiger partial charge in [-0.15, -0.1) is 0 Å². The fourth-order valence-electron chi connectivity index (χ4n) is 2.41. The molecule has 1 aromatic carbocycles. The molecule has 21 heavy (non-hydrogen) atoms. The molecule has 0 spiro atoms. The van der Waals surface area contributed by atoms with Gasteiger partial charge in [0.2, 0.25) is 10.0 Å². The van der Waals surface area contributed by atoms with E-state index in [0.29, 0.717) is 11.3 Å². The van der Waals surface area contributed by atoms with E-state index in [1.54, 1.807) is 24.3 Å². The maximum Gasteiger partial charge on any atom is 0.391 e. The van der Waals surface area contributed by atoms with E-state index in [0.717, 1.165) is 4.31 Å². The van der Waals surface area contributed by atoms with E-state index in [9.17, 15) is 21.6 Å². The van der Waals surface area contributed by atoms with Crippen LogP contribution in [0.3, 0.4) is 0 Å². The average Bonchev–Trinajstić information content (AvgIpc) is 2.40. The fraction of sp³-hybridized carbons (Fsp3) is 0.538. The van der Waals surface area contributed by atoms with Crippen LogP contribution in [0.1, 0.15) is 18.4 Å². The lowest BCUT2D eigenvalue weighted by molar-refractivity contribution is -0.182. The van der Waals surface area contributed by atoms with E-state index in [4.69, 9.17) is 5.73 Å². The summed E-state index contributed by atoms with van der Waals surface area (Å²) in [6, 6.07) is 6.58. The predicted octanol–water partition coefficient (Wildman–Crippen LogP) is 2.37. The maximum atomic E-state index is 12.6. The van der Waals surface area contributed by atoms with Gasteiger partial charge in [-0.3, -0.25) is 0 Å². The first kappa shape index (κ1) is 16.1. The molecule has 1 fully saturated rings. The minimum absolute atomic E-state index is 0.0980. The molecule has 2 N–H and O–H groups in total. The van der Waals surface area contributed by atoms with E-state index < -0.39 is 22.1 Å². The predicted molar refractivity (Wildman–Crippen MR) is 73.8 cm³/mol. The zero-order chi connectivity index (χ0) is 15.7. The van der Waals surface area contributed by atoms with E-state index in [-0.39, 0.29) is 31.7 Å². The van der Waals surface area contributed by atoms with Gasteiger partial charge in [0.15, 0.2) is 0 Å². The van der Waals surface area contributed by atoms with Gasteiger partial charge in [-0.1, -0.05) is 18.2 Å². The topological polar surface area (TPSA) is 63.4 Å². The molecule has 0 aliphatic carbocycles. The number of sulfonamides is 1. The molecule has 118 valence electrons. The summed E-state index contributed by atoms with van der Waals surface area (Å²) in [6.45, 7) is -0.196. The smallest absolute Gasteiger partial charge is 0.391 e. The molecule has 2 rings (SSSR count). The van der Waals surface area contributed by atoms with Crippen molar-refractivity contribution < 1.29 is 21.6 Å². The molecule has 1 saturated heterocycles. The Balaban J connectivity index is 2.04. The Labute approximate surface area is 121 Å². The Bertz CT molecular complexity index is 594. The summed E-state index contributed by atoms with van der Waals surface area (Å²) in [5.41, 5.74) is 6.54. The minimum Gasteiger partial charge on any atom is -0.398 e. The molecule has 8 heteroatoms. The molecule has 4 nitrogen and oxygen atoms in total. The number of anilines is 1. The number of para-hydroxylation sites is 1. The van der Waals surface area contributed by atoms with Crippen LogP contribution >= 0.6 is 0 Å². The lowest BCUT2D eigenvalue weighted by Gasteiger charge is -2.32. The summed E-state index contributed by atoms with van der Waals surface area (Å²) in [7, 11) is -3.64. The molecule has 1 heterocycles. The Morgan fingerprint density at radius 3 is 2.29 bits per heavy atom. The first-order chi connectivity index (χ1) is 9.70. The van der Waals surface area contributed by atoms with Gasteiger partial charge in [0.25, 0.3) is 0 Å². The largest absolute Gasteiger partial charge is 0.398 e. The van der Waals surface area contributed by atoms with Gasteiger partial charge in [-0.2, -0.15) is 13.2 Å². The second-order valence-corrected chi connectivity index (χ2v) is 7.14. The van der Waals surface area contributed by atoms with Crippen LogP contribution in [0.2, 0.25) is 0 Å². The molecule has 1 aliphatic heterocycles. The molecule has 0 bridgehead atoms. The van der Waals surface area contributed by atoms with Crippen molar-refractivity contribution in [2.45, 2.75) is 24.8 Å². The van der Waals surface area contributed by atoms with Gasteiger partial charge in [0.05, 0.1) is 11.7 Å². The van der Waals surface area contributed by atoms with Crippen LogP contribution in [0.5, 0.6) is 0 Å². The lowest BCUT2D eigenvalue weighted by Crippen LogP contribution is -2.42. The average molecular weight is 322 g/mol. The Morgan fingerprint density at radius 2 is 1.76 bits per heavy atom. The number of halogens is 3. The fourth-order valence-corrected chi connectivity index (χ4v) is 4.02. The summed E-state index contributed by atoms with van der Waals surface area (Å²) in [4.78, 5) is 0. The highest BCUT2D eigenvalue weighted by Gasteiger charge is 2.42. The van der Waals surface area contributed by atoms with Crippen molar-refractivity contribution in [3.8, 4) is 0 Å². The van der Waals surface area contributed by atoms with E-state index >= 15 is 0 Å². The number of rotatable bonds is 3. The highest BCUT2D eigenvalue weighted by atomic mass is 32.2. The molecular formula is C13H17F3N2O2S. The van der Waals surface area contributed by atoms with Crippen molar-refractivity contribution in [1.29, 1.82) is 0 Å². The minimum atomic E-state index is -4.25. The molecule has 1 aromatic rings. The number of alkyl halides is 3.